The third-order valence-electron chi connectivity index (χ3n) is 4.94. The van der Waals surface area contributed by atoms with E-state index >= 15 is 0 Å². The molecule has 1 aromatic carbocycles. The Morgan fingerprint density at radius 1 is 1.16 bits per heavy atom. The van der Waals surface area contributed by atoms with Gasteiger partial charge in [0.15, 0.2) is 0 Å². The molecular formula is C18H20Cl2N4O. The van der Waals surface area contributed by atoms with Crippen LogP contribution in [0.15, 0.2) is 24.3 Å². The number of nitrogens with one attached hydrogen (secondary N) is 1. The summed E-state index contributed by atoms with van der Waals surface area (Å²) in [5.41, 5.74) is 2.58. The third-order valence-corrected chi connectivity index (χ3v) is 5.65. The second kappa shape index (κ2) is 6.98. The molecular weight excluding hydrogens is 359 g/mol. The van der Waals surface area contributed by atoms with Gasteiger partial charge in [-0.1, -0.05) is 29.3 Å². The molecule has 5 nitrogen and oxygen atoms in total. The molecule has 1 aliphatic heterocycles. The number of amides is 1. The number of aromatic amines is 1. The van der Waals surface area contributed by atoms with Crippen molar-refractivity contribution in [2.75, 3.05) is 26.2 Å². The van der Waals surface area contributed by atoms with Gasteiger partial charge in [-0.2, -0.15) is 5.10 Å². The number of nitrogens with zero attached hydrogens (tertiary/aromatic N) is 3. The van der Waals surface area contributed by atoms with E-state index in [9.17, 15) is 4.79 Å². The summed E-state index contributed by atoms with van der Waals surface area (Å²) < 4.78 is 0. The van der Waals surface area contributed by atoms with Crippen LogP contribution in [-0.4, -0.2) is 52.1 Å². The molecule has 7 heteroatoms. The van der Waals surface area contributed by atoms with Gasteiger partial charge in [0, 0.05) is 59.9 Å². The average Bonchev–Trinajstić information content (AvgIpc) is 3.35. The maximum atomic E-state index is 12.6. The molecule has 1 aromatic heterocycles. The van der Waals surface area contributed by atoms with E-state index < -0.39 is 0 Å². The van der Waals surface area contributed by atoms with E-state index in [-0.39, 0.29) is 5.91 Å². The molecule has 0 unspecified atom stereocenters. The van der Waals surface area contributed by atoms with Crippen molar-refractivity contribution in [3.05, 3.63) is 51.3 Å². The first-order valence-corrected chi connectivity index (χ1v) is 9.37. The molecule has 132 valence electrons. The summed E-state index contributed by atoms with van der Waals surface area (Å²) >= 11 is 12.5. The predicted octanol–water partition coefficient (Wildman–Crippen LogP) is 3.55. The Labute approximate surface area is 156 Å². The molecule has 2 fully saturated rings. The molecule has 1 saturated heterocycles. The van der Waals surface area contributed by atoms with Crippen LogP contribution in [0.3, 0.4) is 0 Å². The maximum absolute atomic E-state index is 12.6. The Kier molecular flexibility index (Phi) is 4.71. The minimum absolute atomic E-state index is 0.0126. The monoisotopic (exact) mass is 378 g/mol. The molecule has 2 aromatic rings. The molecule has 0 spiro atoms. The first kappa shape index (κ1) is 16.9. The van der Waals surface area contributed by atoms with Crippen molar-refractivity contribution < 1.29 is 4.79 Å². The minimum Gasteiger partial charge on any atom is -0.335 e. The molecule has 1 amide bonds. The fourth-order valence-corrected chi connectivity index (χ4v) is 3.74. The van der Waals surface area contributed by atoms with E-state index in [1.807, 2.05) is 29.2 Å². The Morgan fingerprint density at radius 2 is 1.84 bits per heavy atom. The van der Waals surface area contributed by atoms with Gasteiger partial charge in [0.2, 0.25) is 0 Å². The van der Waals surface area contributed by atoms with Crippen molar-refractivity contribution in [1.29, 1.82) is 0 Å². The first-order valence-electron chi connectivity index (χ1n) is 8.61. The zero-order chi connectivity index (χ0) is 17.4. The van der Waals surface area contributed by atoms with Gasteiger partial charge in [0.05, 0.1) is 0 Å². The number of carbonyl (C=O) groups excluding carboxylic acids is 1. The fourth-order valence-electron chi connectivity index (χ4n) is 3.23. The van der Waals surface area contributed by atoms with Gasteiger partial charge in [0.25, 0.3) is 5.91 Å². The van der Waals surface area contributed by atoms with Gasteiger partial charge in [-0.15, -0.1) is 0 Å². The molecule has 25 heavy (non-hydrogen) atoms. The molecule has 2 aliphatic rings. The van der Waals surface area contributed by atoms with Crippen LogP contribution in [0.4, 0.5) is 0 Å². The summed E-state index contributed by atoms with van der Waals surface area (Å²) in [6.07, 6.45) is 2.39. The van der Waals surface area contributed by atoms with Crippen LogP contribution in [-0.2, 0) is 6.54 Å². The van der Waals surface area contributed by atoms with Crippen LogP contribution in [0.5, 0.6) is 0 Å². The Balaban J connectivity index is 1.35. The second-order valence-electron chi connectivity index (χ2n) is 6.75. The average molecular weight is 379 g/mol. The van der Waals surface area contributed by atoms with Gasteiger partial charge in [0.1, 0.15) is 5.69 Å². The number of carbonyl (C=O) groups is 1. The number of aromatic nitrogens is 2. The summed E-state index contributed by atoms with van der Waals surface area (Å²) in [6, 6.07) is 7.48. The quantitative estimate of drug-likeness (QED) is 0.884. The number of piperazine rings is 1. The van der Waals surface area contributed by atoms with E-state index in [4.69, 9.17) is 23.2 Å². The highest BCUT2D eigenvalue weighted by molar-refractivity contribution is 6.35. The topological polar surface area (TPSA) is 52.2 Å². The van der Waals surface area contributed by atoms with Crippen LogP contribution in [0, 0.1) is 0 Å². The molecule has 1 aliphatic carbocycles. The normalized spacial score (nSPS) is 18.6. The SMILES string of the molecule is O=C(c1cc(C2CC2)[nH]n1)N1CCN(Cc2c(Cl)cccc2Cl)CC1. The molecule has 4 rings (SSSR count). The van der Waals surface area contributed by atoms with Gasteiger partial charge in [-0.3, -0.25) is 14.8 Å². The maximum Gasteiger partial charge on any atom is 0.274 e. The number of rotatable bonds is 4. The molecule has 0 radical (unpaired) electrons. The van der Waals surface area contributed by atoms with Gasteiger partial charge >= 0.3 is 0 Å². The van der Waals surface area contributed by atoms with Crippen molar-refractivity contribution in [3.63, 3.8) is 0 Å². The largest absolute Gasteiger partial charge is 0.335 e. The second-order valence-corrected chi connectivity index (χ2v) is 7.57. The zero-order valence-electron chi connectivity index (χ0n) is 13.8. The molecule has 0 bridgehead atoms. The van der Waals surface area contributed by atoms with E-state index in [0.29, 0.717) is 41.3 Å². The molecule has 1 saturated carbocycles. The number of hydrogen-bond acceptors (Lipinski definition) is 3. The summed E-state index contributed by atoms with van der Waals surface area (Å²) in [6.45, 7) is 3.67. The lowest BCUT2D eigenvalue weighted by molar-refractivity contribution is 0.0622. The zero-order valence-corrected chi connectivity index (χ0v) is 15.4. The Morgan fingerprint density at radius 3 is 2.48 bits per heavy atom. The smallest absolute Gasteiger partial charge is 0.274 e. The minimum atomic E-state index is 0.0126. The molecule has 1 N–H and O–H groups in total. The highest BCUT2D eigenvalue weighted by Crippen LogP contribution is 2.39. The number of hydrogen-bond donors (Lipinski definition) is 1. The van der Waals surface area contributed by atoms with Crippen molar-refractivity contribution >= 4 is 29.1 Å². The van der Waals surface area contributed by atoms with Crippen molar-refractivity contribution in [2.45, 2.75) is 25.3 Å². The van der Waals surface area contributed by atoms with Crippen molar-refractivity contribution in [2.24, 2.45) is 0 Å². The summed E-state index contributed by atoms with van der Waals surface area (Å²) in [5, 5.41) is 8.58. The van der Waals surface area contributed by atoms with Crippen LogP contribution >= 0.6 is 23.2 Å². The lowest BCUT2D eigenvalue weighted by Crippen LogP contribution is -2.48. The number of benzene rings is 1. The van der Waals surface area contributed by atoms with Crippen molar-refractivity contribution in [3.8, 4) is 0 Å². The van der Waals surface area contributed by atoms with Crippen LogP contribution in [0.1, 0.15) is 40.5 Å². The first-order chi connectivity index (χ1) is 12.1. The lowest BCUT2D eigenvalue weighted by Gasteiger charge is -2.34. The lowest BCUT2D eigenvalue weighted by atomic mass is 10.2. The Hall–Kier alpha value is -1.56. The fraction of sp³-hybridized carbons (Fsp3) is 0.444. The molecule has 2 heterocycles. The Bertz CT molecular complexity index is 759. The highest BCUT2D eigenvalue weighted by Gasteiger charge is 2.29. The summed E-state index contributed by atoms with van der Waals surface area (Å²) in [5.74, 6) is 0.588. The highest BCUT2D eigenvalue weighted by atomic mass is 35.5. The van der Waals surface area contributed by atoms with Crippen LogP contribution in [0.2, 0.25) is 10.0 Å². The van der Waals surface area contributed by atoms with E-state index in [2.05, 4.69) is 15.1 Å². The summed E-state index contributed by atoms with van der Waals surface area (Å²) in [4.78, 5) is 16.8. The summed E-state index contributed by atoms with van der Waals surface area (Å²) in [7, 11) is 0. The molecule has 0 atom stereocenters. The van der Waals surface area contributed by atoms with Gasteiger partial charge in [-0.25, -0.2) is 0 Å². The van der Waals surface area contributed by atoms with Crippen molar-refractivity contribution in [1.82, 2.24) is 20.0 Å². The predicted molar refractivity (Wildman–Crippen MR) is 98.2 cm³/mol. The van der Waals surface area contributed by atoms with Crippen LogP contribution in [0.25, 0.3) is 0 Å². The van der Waals surface area contributed by atoms with Crippen LogP contribution < -0.4 is 0 Å². The van der Waals surface area contributed by atoms with Gasteiger partial charge in [-0.05, 0) is 31.0 Å². The van der Waals surface area contributed by atoms with E-state index in [0.717, 1.165) is 24.3 Å². The third kappa shape index (κ3) is 3.68. The standard InChI is InChI=1S/C18H20Cl2N4O/c19-14-2-1-3-15(20)13(14)11-23-6-8-24(9-7-23)18(25)17-10-16(21-22-17)12-4-5-12/h1-3,10,12H,4-9,11H2,(H,21,22). The van der Waals surface area contributed by atoms with E-state index in [1.165, 1.54) is 12.8 Å². The number of halogens is 2. The van der Waals surface area contributed by atoms with E-state index in [1.54, 1.807) is 0 Å². The van der Waals surface area contributed by atoms with Gasteiger partial charge < -0.3 is 4.90 Å². The number of H-pyrrole nitrogens is 1.